The first-order valence-electron chi connectivity index (χ1n) is 10.9. The van der Waals surface area contributed by atoms with Crippen LogP contribution < -0.4 is 4.74 Å². The molecule has 6 heteroatoms. The van der Waals surface area contributed by atoms with Gasteiger partial charge in [0.05, 0.1) is 5.56 Å². The van der Waals surface area contributed by atoms with Crippen LogP contribution in [0, 0.1) is 6.92 Å². The first-order valence-corrected chi connectivity index (χ1v) is 10.9. The van der Waals surface area contributed by atoms with E-state index in [0.29, 0.717) is 24.5 Å². The third-order valence-electron chi connectivity index (χ3n) is 5.81. The van der Waals surface area contributed by atoms with Crippen LogP contribution in [0.2, 0.25) is 0 Å². The summed E-state index contributed by atoms with van der Waals surface area (Å²) in [7, 11) is 0. The lowest BCUT2D eigenvalue weighted by atomic mass is 10.1. The van der Waals surface area contributed by atoms with Crippen LogP contribution in [0.4, 0.5) is 0 Å². The number of carbonyl (C=O) groups is 1. The molecule has 31 heavy (non-hydrogen) atoms. The van der Waals surface area contributed by atoms with Crippen molar-refractivity contribution in [2.75, 3.05) is 26.2 Å². The molecule has 162 valence electrons. The van der Waals surface area contributed by atoms with Crippen molar-refractivity contribution in [3.05, 3.63) is 82.7 Å². The number of aryl methyl sites for hydroxylation is 2. The summed E-state index contributed by atoms with van der Waals surface area (Å²) < 4.78 is 11.3. The summed E-state index contributed by atoms with van der Waals surface area (Å²) in [5.74, 6) is 1.30. The first-order chi connectivity index (χ1) is 15.1. The monoisotopic (exact) mass is 419 g/mol. The van der Waals surface area contributed by atoms with Gasteiger partial charge in [-0.05, 0) is 36.6 Å². The molecule has 0 spiro atoms. The topological polar surface area (TPSA) is 58.8 Å². The van der Waals surface area contributed by atoms with Crippen LogP contribution in [-0.4, -0.2) is 47.0 Å². The van der Waals surface area contributed by atoms with E-state index in [-0.39, 0.29) is 12.5 Å². The number of carbonyl (C=O) groups excluding carboxylic acids is 1. The van der Waals surface area contributed by atoms with Crippen LogP contribution in [0.3, 0.4) is 0 Å². The molecular formula is C25H29N3O3. The molecule has 1 aromatic heterocycles. The van der Waals surface area contributed by atoms with E-state index in [1.807, 2.05) is 30.0 Å². The number of amides is 1. The van der Waals surface area contributed by atoms with E-state index >= 15 is 0 Å². The molecule has 0 aliphatic carbocycles. The number of aromatic nitrogens is 1. The van der Waals surface area contributed by atoms with Crippen LogP contribution in [0.5, 0.6) is 5.75 Å². The van der Waals surface area contributed by atoms with Crippen LogP contribution in [0.15, 0.2) is 59.1 Å². The Kier molecular flexibility index (Phi) is 6.67. The summed E-state index contributed by atoms with van der Waals surface area (Å²) in [5.41, 5.74) is 3.63. The van der Waals surface area contributed by atoms with Crippen LogP contribution >= 0.6 is 0 Å². The third-order valence-corrected chi connectivity index (χ3v) is 5.81. The van der Waals surface area contributed by atoms with Gasteiger partial charge in [0.15, 0.2) is 5.69 Å². The molecule has 1 amide bonds. The van der Waals surface area contributed by atoms with Crippen molar-refractivity contribution in [3.8, 4) is 5.75 Å². The van der Waals surface area contributed by atoms with Crippen molar-refractivity contribution in [2.24, 2.45) is 0 Å². The molecule has 1 aliphatic heterocycles. The van der Waals surface area contributed by atoms with E-state index in [0.717, 1.165) is 37.4 Å². The van der Waals surface area contributed by atoms with Crippen molar-refractivity contribution in [3.63, 3.8) is 0 Å². The quantitative estimate of drug-likeness (QED) is 0.578. The Labute approximate surface area is 183 Å². The summed E-state index contributed by atoms with van der Waals surface area (Å²) in [4.78, 5) is 17.4. The zero-order valence-corrected chi connectivity index (χ0v) is 18.2. The first kappa shape index (κ1) is 21.1. The second-order valence-electron chi connectivity index (χ2n) is 7.91. The number of piperazine rings is 1. The van der Waals surface area contributed by atoms with E-state index in [9.17, 15) is 4.79 Å². The third kappa shape index (κ3) is 5.14. The molecule has 1 saturated heterocycles. The molecule has 4 rings (SSSR count). The summed E-state index contributed by atoms with van der Waals surface area (Å²) in [6.45, 7) is 8.14. The smallest absolute Gasteiger partial charge is 0.276 e. The van der Waals surface area contributed by atoms with Crippen LogP contribution in [0.25, 0.3) is 0 Å². The van der Waals surface area contributed by atoms with Crippen molar-refractivity contribution in [1.82, 2.24) is 15.0 Å². The minimum Gasteiger partial charge on any atom is -0.489 e. The Bertz CT molecular complexity index is 991. The maximum Gasteiger partial charge on any atom is 0.276 e. The molecule has 2 aromatic carbocycles. The van der Waals surface area contributed by atoms with E-state index in [4.69, 9.17) is 9.26 Å². The van der Waals surface area contributed by atoms with Gasteiger partial charge in [-0.1, -0.05) is 54.5 Å². The fourth-order valence-electron chi connectivity index (χ4n) is 3.81. The molecule has 0 bridgehead atoms. The molecule has 0 unspecified atom stereocenters. The van der Waals surface area contributed by atoms with Gasteiger partial charge >= 0.3 is 0 Å². The summed E-state index contributed by atoms with van der Waals surface area (Å²) in [5, 5.41) is 4.06. The maximum atomic E-state index is 13.1. The Morgan fingerprint density at radius 2 is 1.71 bits per heavy atom. The van der Waals surface area contributed by atoms with Crippen LogP contribution in [-0.2, 0) is 19.6 Å². The molecule has 1 fully saturated rings. The molecule has 6 nitrogen and oxygen atoms in total. The lowest BCUT2D eigenvalue weighted by molar-refractivity contribution is 0.0616. The summed E-state index contributed by atoms with van der Waals surface area (Å²) in [6.07, 6.45) is 0.988. The molecule has 3 aromatic rings. The van der Waals surface area contributed by atoms with Gasteiger partial charge in [-0.2, -0.15) is 0 Å². The Hall–Kier alpha value is -3.12. The lowest BCUT2D eigenvalue weighted by Gasteiger charge is -2.34. The Balaban J connectivity index is 1.35. The Morgan fingerprint density at radius 1 is 1.00 bits per heavy atom. The van der Waals surface area contributed by atoms with Crippen molar-refractivity contribution < 1.29 is 14.1 Å². The predicted octanol–water partition coefficient (Wildman–Crippen LogP) is 4.08. The van der Waals surface area contributed by atoms with Gasteiger partial charge in [-0.15, -0.1) is 0 Å². The summed E-state index contributed by atoms with van der Waals surface area (Å²) >= 11 is 0. The molecule has 1 aliphatic rings. The van der Waals surface area contributed by atoms with E-state index in [1.54, 1.807) is 0 Å². The zero-order chi connectivity index (χ0) is 21.6. The highest BCUT2D eigenvalue weighted by Crippen LogP contribution is 2.21. The average molecular weight is 420 g/mol. The fraction of sp³-hybridized carbons (Fsp3) is 0.360. The van der Waals surface area contributed by atoms with E-state index in [1.165, 1.54) is 11.1 Å². The van der Waals surface area contributed by atoms with Gasteiger partial charge in [0.2, 0.25) is 0 Å². The fourth-order valence-corrected chi connectivity index (χ4v) is 3.81. The molecule has 0 atom stereocenters. The highest BCUT2D eigenvalue weighted by molar-refractivity contribution is 5.93. The number of hydrogen-bond acceptors (Lipinski definition) is 5. The maximum absolute atomic E-state index is 13.1. The number of ether oxygens (including phenoxy) is 1. The zero-order valence-electron chi connectivity index (χ0n) is 18.2. The second kappa shape index (κ2) is 9.79. The van der Waals surface area contributed by atoms with Crippen molar-refractivity contribution in [1.29, 1.82) is 0 Å². The number of rotatable bonds is 7. The molecule has 0 saturated carbocycles. The van der Waals surface area contributed by atoms with Gasteiger partial charge in [-0.25, -0.2) is 0 Å². The standard InChI is InChI=1S/C25H29N3O3/c1-3-20-9-11-22(12-10-20)30-18-23-19(2)31-26-24(23)25(29)28-15-13-27(14-16-28)17-21-7-5-4-6-8-21/h4-12H,3,13-18H2,1-2H3. The van der Waals surface area contributed by atoms with Crippen molar-refractivity contribution in [2.45, 2.75) is 33.4 Å². The average Bonchev–Trinajstić information content (AvgIpc) is 3.19. The SMILES string of the molecule is CCc1ccc(OCc2c(C(=O)N3CCN(Cc4ccccc4)CC3)noc2C)cc1. The van der Waals surface area contributed by atoms with Crippen LogP contribution in [0.1, 0.15) is 39.9 Å². The minimum absolute atomic E-state index is 0.0869. The van der Waals surface area contributed by atoms with Gasteiger partial charge < -0.3 is 14.2 Å². The predicted molar refractivity (Wildman–Crippen MR) is 119 cm³/mol. The number of hydrogen-bond donors (Lipinski definition) is 0. The molecule has 2 heterocycles. The highest BCUT2D eigenvalue weighted by Gasteiger charge is 2.28. The Morgan fingerprint density at radius 3 is 2.39 bits per heavy atom. The van der Waals surface area contributed by atoms with Gasteiger partial charge in [0, 0.05) is 32.7 Å². The highest BCUT2D eigenvalue weighted by atomic mass is 16.5. The van der Waals surface area contributed by atoms with Gasteiger partial charge in [-0.3, -0.25) is 9.69 Å². The second-order valence-corrected chi connectivity index (χ2v) is 7.91. The normalized spacial score (nSPS) is 14.6. The lowest BCUT2D eigenvalue weighted by Crippen LogP contribution is -2.48. The molecule has 0 N–H and O–H groups in total. The number of benzene rings is 2. The van der Waals surface area contributed by atoms with E-state index in [2.05, 4.69) is 53.4 Å². The van der Waals surface area contributed by atoms with E-state index < -0.39 is 0 Å². The van der Waals surface area contributed by atoms with Gasteiger partial charge in [0.1, 0.15) is 18.1 Å². The van der Waals surface area contributed by atoms with Gasteiger partial charge in [0.25, 0.3) is 5.91 Å². The summed E-state index contributed by atoms with van der Waals surface area (Å²) in [6, 6.07) is 18.4. The molecular weight excluding hydrogens is 390 g/mol. The van der Waals surface area contributed by atoms with Crippen molar-refractivity contribution >= 4 is 5.91 Å². The molecule has 0 radical (unpaired) electrons. The number of nitrogens with zero attached hydrogens (tertiary/aromatic N) is 3. The largest absolute Gasteiger partial charge is 0.489 e. The minimum atomic E-state index is -0.0869.